The van der Waals surface area contributed by atoms with E-state index < -0.39 is 0 Å². The lowest BCUT2D eigenvalue weighted by atomic mass is 10.1. The summed E-state index contributed by atoms with van der Waals surface area (Å²) in [7, 11) is 0. The predicted octanol–water partition coefficient (Wildman–Crippen LogP) is 3.44. The third-order valence-corrected chi connectivity index (χ3v) is 3.12. The molecule has 0 unspecified atom stereocenters. The first-order chi connectivity index (χ1) is 10.0. The van der Waals surface area contributed by atoms with E-state index in [1.165, 1.54) is 0 Å². The standard InChI is InChI=1S/C15H17N3O2S/c1-4-18(9-10(2)3)14(19)12-7-5-11(6-8-12)13-16-17-15(21)20-13/h5-8H,2,4,9H2,1,3H3,(H,17,21). The number of carbonyl (C=O) groups excluding carboxylic acids is 1. The van der Waals surface area contributed by atoms with Gasteiger partial charge in [0.1, 0.15) is 0 Å². The molecule has 5 nitrogen and oxygen atoms in total. The van der Waals surface area contributed by atoms with E-state index in [-0.39, 0.29) is 10.7 Å². The maximum absolute atomic E-state index is 12.4. The van der Waals surface area contributed by atoms with Gasteiger partial charge in [0.2, 0.25) is 5.89 Å². The van der Waals surface area contributed by atoms with Crippen molar-refractivity contribution < 1.29 is 9.21 Å². The molecule has 6 heteroatoms. The SMILES string of the molecule is C=C(C)CN(CC)C(=O)c1ccc(-c2n[nH]c(=S)o2)cc1. The maximum atomic E-state index is 12.4. The van der Waals surface area contributed by atoms with E-state index in [1.54, 1.807) is 29.2 Å². The highest BCUT2D eigenvalue weighted by Crippen LogP contribution is 2.18. The van der Waals surface area contributed by atoms with Crippen LogP contribution in [0.15, 0.2) is 40.8 Å². The zero-order valence-corrected chi connectivity index (χ0v) is 12.9. The van der Waals surface area contributed by atoms with E-state index in [0.717, 1.165) is 11.1 Å². The first kappa shape index (κ1) is 15.2. The van der Waals surface area contributed by atoms with Crippen LogP contribution in [0.4, 0.5) is 0 Å². The second-order valence-electron chi connectivity index (χ2n) is 4.77. The molecule has 0 saturated heterocycles. The lowest BCUT2D eigenvalue weighted by molar-refractivity contribution is 0.0778. The molecule has 0 bridgehead atoms. The Balaban J connectivity index is 2.20. The molecule has 0 radical (unpaired) electrons. The highest BCUT2D eigenvalue weighted by molar-refractivity contribution is 7.71. The van der Waals surface area contributed by atoms with Gasteiger partial charge in [-0.1, -0.05) is 12.2 Å². The molecule has 0 spiro atoms. The number of likely N-dealkylation sites (N-methyl/N-ethyl adjacent to an activating group) is 1. The molecule has 0 aliphatic heterocycles. The molecule has 0 aliphatic carbocycles. The summed E-state index contributed by atoms with van der Waals surface area (Å²) in [5.74, 6) is 0.392. The third-order valence-electron chi connectivity index (χ3n) is 2.95. The predicted molar refractivity (Wildman–Crippen MR) is 83.5 cm³/mol. The summed E-state index contributed by atoms with van der Waals surface area (Å²) in [6.45, 7) is 8.90. The topological polar surface area (TPSA) is 62.1 Å². The Hall–Kier alpha value is -2.21. The zero-order chi connectivity index (χ0) is 15.4. The van der Waals surface area contributed by atoms with Crippen LogP contribution >= 0.6 is 12.2 Å². The molecule has 1 amide bonds. The Kier molecular flexibility index (Phi) is 4.70. The monoisotopic (exact) mass is 303 g/mol. The van der Waals surface area contributed by atoms with Gasteiger partial charge >= 0.3 is 0 Å². The van der Waals surface area contributed by atoms with Crippen LogP contribution in [0.3, 0.4) is 0 Å². The molecule has 1 N–H and O–H groups in total. The quantitative estimate of drug-likeness (QED) is 0.679. The van der Waals surface area contributed by atoms with Crippen molar-refractivity contribution in [1.82, 2.24) is 15.1 Å². The molecular formula is C15H17N3O2S. The molecule has 21 heavy (non-hydrogen) atoms. The number of hydrogen-bond acceptors (Lipinski definition) is 4. The highest BCUT2D eigenvalue weighted by atomic mass is 32.1. The number of aromatic amines is 1. The van der Waals surface area contributed by atoms with E-state index in [2.05, 4.69) is 16.8 Å². The van der Waals surface area contributed by atoms with Gasteiger partial charge in [-0.2, -0.15) is 0 Å². The lowest BCUT2D eigenvalue weighted by Gasteiger charge is -2.21. The number of H-pyrrole nitrogens is 1. The summed E-state index contributed by atoms with van der Waals surface area (Å²) >= 11 is 4.84. The summed E-state index contributed by atoms with van der Waals surface area (Å²) < 4.78 is 5.23. The van der Waals surface area contributed by atoms with Crippen LogP contribution in [-0.2, 0) is 0 Å². The minimum Gasteiger partial charge on any atom is -0.409 e. The number of aromatic nitrogens is 2. The van der Waals surface area contributed by atoms with Gasteiger partial charge < -0.3 is 9.32 Å². The number of nitrogens with one attached hydrogen (secondary N) is 1. The fraction of sp³-hybridized carbons (Fsp3) is 0.267. The van der Waals surface area contributed by atoms with Gasteiger partial charge in [0.25, 0.3) is 10.7 Å². The fourth-order valence-electron chi connectivity index (χ4n) is 1.94. The first-order valence-corrected chi connectivity index (χ1v) is 7.01. The van der Waals surface area contributed by atoms with Crippen LogP contribution in [-0.4, -0.2) is 34.1 Å². The number of carbonyl (C=O) groups is 1. The van der Waals surface area contributed by atoms with Crippen LogP contribution in [0.1, 0.15) is 24.2 Å². The third kappa shape index (κ3) is 3.66. The fourth-order valence-corrected chi connectivity index (χ4v) is 2.07. The van der Waals surface area contributed by atoms with Crippen molar-refractivity contribution >= 4 is 18.1 Å². The summed E-state index contributed by atoms with van der Waals surface area (Å²) in [4.78, 5) is 14.4. The lowest BCUT2D eigenvalue weighted by Crippen LogP contribution is -2.32. The van der Waals surface area contributed by atoms with Gasteiger partial charge in [-0.15, -0.1) is 5.10 Å². The number of nitrogens with zero attached hydrogens (tertiary/aromatic N) is 2. The van der Waals surface area contributed by atoms with Gasteiger partial charge in [0, 0.05) is 24.2 Å². The van der Waals surface area contributed by atoms with Crippen LogP contribution in [0.2, 0.25) is 0 Å². The van der Waals surface area contributed by atoms with Gasteiger partial charge in [-0.05, 0) is 50.3 Å². The maximum Gasteiger partial charge on any atom is 0.284 e. The molecule has 1 aromatic heterocycles. The van der Waals surface area contributed by atoms with Crippen molar-refractivity contribution in [1.29, 1.82) is 0 Å². The summed E-state index contributed by atoms with van der Waals surface area (Å²) in [6.07, 6.45) is 0. The van der Waals surface area contributed by atoms with Gasteiger partial charge in [0.15, 0.2) is 0 Å². The molecule has 0 aliphatic rings. The number of rotatable bonds is 5. The second-order valence-corrected chi connectivity index (χ2v) is 5.14. The Labute approximate surface area is 128 Å². The second kappa shape index (κ2) is 6.49. The van der Waals surface area contributed by atoms with E-state index in [1.807, 2.05) is 13.8 Å². The van der Waals surface area contributed by atoms with E-state index in [9.17, 15) is 4.79 Å². The molecule has 0 atom stereocenters. The Morgan fingerprint density at radius 2 is 2.10 bits per heavy atom. The Bertz CT molecular complexity index is 700. The molecule has 2 aromatic rings. The van der Waals surface area contributed by atoms with Gasteiger partial charge in [-0.3, -0.25) is 4.79 Å². The van der Waals surface area contributed by atoms with Gasteiger partial charge in [0.05, 0.1) is 0 Å². The Morgan fingerprint density at radius 1 is 1.43 bits per heavy atom. The molecule has 2 rings (SSSR count). The smallest absolute Gasteiger partial charge is 0.284 e. The molecule has 0 saturated carbocycles. The summed E-state index contributed by atoms with van der Waals surface area (Å²) in [5.41, 5.74) is 2.34. The summed E-state index contributed by atoms with van der Waals surface area (Å²) in [6, 6.07) is 7.09. The van der Waals surface area contributed by atoms with Crippen molar-refractivity contribution in [2.75, 3.05) is 13.1 Å². The largest absolute Gasteiger partial charge is 0.409 e. The van der Waals surface area contributed by atoms with E-state index in [0.29, 0.717) is 24.5 Å². The molecule has 0 fully saturated rings. The zero-order valence-electron chi connectivity index (χ0n) is 12.0. The minimum absolute atomic E-state index is 0.0185. The number of benzene rings is 1. The van der Waals surface area contributed by atoms with Gasteiger partial charge in [-0.25, -0.2) is 5.10 Å². The average Bonchev–Trinajstić information content (AvgIpc) is 2.90. The molecular weight excluding hydrogens is 286 g/mol. The average molecular weight is 303 g/mol. The van der Waals surface area contributed by atoms with Crippen LogP contribution in [0.5, 0.6) is 0 Å². The van der Waals surface area contributed by atoms with Crippen molar-refractivity contribution in [2.24, 2.45) is 0 Å². The highest BCUT2D eigenvalue weighted by Gasteiger charge is 2.14. The van der Waals surface area contributed by atoms with Crippen LogP contribution in [0, 0.1) is 4.84 Å². The van der Waals surface area contributed by atoms with E-state index in [4.69, 9.17) is 16.6 Å². The number of hydrogen-bond donors (Lipinski definition) is 1. The Morgan fingerprint density at radius 3 is 2.57 bits per heavy atom. The first-order valence-electron chi connectivity index (χ1n) is 6.61. The van der Waals surface area contributed by atoms with E-state index >= 15 is 0 Å². The molecule has 1 heterocycles. The summed E-state index contributed by atoms with van der Waals surface area (Å²) in [5, 5.41) is 6.52. The van der Waals surface area contributed by atoms with Crippen molar-refractivity contribution in [3.63, 3.8) is 0 Å². The normalized spacial score (nSPS) is 10.4. The number of amides is 1. The van der Waals surface area contributed by atoms with Crippen LogP contribution < -0.4 is 0 Å². The molecule has 110 valence electrons. The van der Waals surface area contributed by atoms with Crippen LogP contribution in [0.25, 0.3) is 11.5 Å². The van der Waals surface area contributed by atoms with Crippen molar-refractivity contribution in [3.8, 4) is 11.5 Å². The van der Waals surface area contributed by atoms with Crippen molar-refractivity contribution in [3.05, 3.63) is 46.8 Å². The molecule has 1 aromatic carbocycles. The van der Waals surface area contributed by atoms with Crippen molar-refractivity contribution in [2.45, 2.75) is 13.8 Å². The minimum atomic E-state index is -0.0185.